The number of hydrogen-bond donors (Lipinski definition) is 2. The van der Waals surface area contributed by atoms with Gasteiger partial charge in [-0.3, -0.25) is 9.78 Å². The number of nitrogens with one attached hydrogen (secondary N) is 1. The quantitative estimate of drug-likeness (QED) is 0.317. The highest BCUT2D eigenvalue weighted by atomic mass is 19.1. The van der Waals surface area contributed by atoms with Crippen LogP contribution in [0.5, 0.6) is 0 Å². The van der Waals surface area contributed by atoms with Crippen molar-refractivity contribution in [2.24, 2.45) is 0 Å². The molecule has 0 saturated heterocycles. The number of rotatable bonds is 4. The maximum Gasteiger partial charge on any atom is 0.251 e. The van der Waals surface area contributed by atoms with Gasteiger partial charge in [0.2, 0.25) is 0 Å². The number of fused-ring (bicyclic) bond motifs is 8. The van der Waals surface area contributed by atoms with Crippen LogP contribution in [0.1, 0.15) is 27.2 Å². The monoisotopic (exact) mass is 464 g/mol. The predicted molar refractivity (Wildman–Crippen MR) is 135 cm³/mol. The number of nitrogens with zero attached hydrogens (tertiary/aromatic N) is 2. The molecule has 2 bridgehead atoms. The Kier molecular flexibility index (Phi) is 4.67. The largest absolute Gasteiger partial charge is 0.455 e. The Balaban J connectivity index is 1.36. The fraction of sp³-hybridized carbons (Fsp3) is 0.107. The van der Waals surface area contributed by atoms with Crippen molar-refractivity contribution in [3.63, 3.8) is 0 Å². The van der Waals surface area contributed by atoms with E-state index in [1.807, 2.05) is 44.2 Å². The third-order valence-corrected chi connectivity index (χ3v) is 6.57. The smallest absolute Gasteiger partial charge is 0.251 e. The van der Waals surface area contributed by atoms with Crippen molar-refractivity contribution in [2.75, 3.05) is 5.73 Å². The van der Waals surface area contributed by atoms with Gasteiger partial charge in [-0.1, -0.05) is 6.07 Å². The average molecular weight is 465 g/mol. The number of furan rings is 2. The molecule has 0 aliphatic heterocycles. The van der Waals surface area contributed by atoms with Gasteiger partial charge >= 0.3 is 0 Å². The molecule has 172 valence electrons. The van der Waals surface area contributed by atoms with E-state index in [1.165, 1.54) is 6.20 Å². The zero-order chi connectivity index (χ0) is 24.3. The SMILES string of the molecule is Cc1cc(N)nc(C)c1CNC(=O)c1ccc2c(c1)c1oc2c2ccc(-c3ccncc3F)cc21. The number of hydrogen-bond acceptors (Lipinski definition) is 5. The van der Waals surface area contributed by atoms with Gasteiger partial charge in [0, 0.05) is 51.1 Å². The third kappa shape index (κ3) is 3.35. The molecule has 0 fully saturated rings. The van der Waals surface area contributed by atoms with Crippen LogP contribution in [0.15, 0.2) is 65.3 Å². The highest BCUT2D eigenvalue weighted by molar-refractivity contribution is 6.26. The van der Waals surface area contributed by atoms with E-state index in [2.05, 4.69) is 15.3 Å². The van der Waals surface area contributed by atoms with Crippen LogP contribution < -0.4 is 11.1 Å². The van der Waals surface area contributed by atoms with Gasteiger partial charge in [0.1, 0.15) is 22.8 Å². The van der Waals surface area contributed by atoms with E-state index < -0.39 is 0 Å². The number of nitrogen functional groups attached to an aromatic ring is 1. The van der Waals surface area contributed by atoms with E-state index in [0.29, 0.717) is 29.1 Å². The Morgan fingerprint density at radius 1 is 1.00 bits per heavy atom. The lowest BCUT2D eigenvalue weighted by Crippen LogP contribution is -2.24. The molecule has 0 atom stereocenters. The number of aromatic nitrogens is 2. The molecular formula is C28H21FN4O2. The lowest BCUT2D eigenvalue weighted by Gasteiger charge is -2.11. The zero-order valence-electron chi connectivity index (χ0n) is 19.1. The Hall–Kier alpha value is -4.52. The standard InChI is InChI=1S/C28H21FN4O2/c1-14-9-25(30)33-15(2)23(14)12-32-28(34)17-4-6-20-22(11-17)27-21-10-16(3-5-19(21)26(20)35-27)18-7-8-31-13-24(18)29/h3-11,13H,12H2,1-2H3,(H2,30,33)(H,32,34). The van der Waals surface area contributed by atoms with E-state index >= 15 is 0 Å². The van der Waals surface area contributed by atoms with Crippen LogP contribution in [0, 0.1) is 19.7 Å². The van der Waals surface area contributed by atoms with Crippen LogP contribution in [0.3, 0.4) is 0 Å². The summed E-state index contributed by atoms with van der Waals surface area (Å²) in [5.74, 6) is -0.103. The van der Waals surface area contributed by atoms with Crippen molar-refractivity contribution in [2.45, 2.75) is 20.4 Å². The molecule has 4 aromatic heterocycles. The Bertz CT molecular complexity index is 1750. The van der Waals surface area contributed by atoms with Crippen molar-refractivity contribution in [1.82, 2.24) is 15.3 Å². The predicted octanol–water partition coefficient (Wildman–Crippen LogP) is 5.90. The average Bonchev–Trinajstić information content (AvgIpc) is 3.40. The highest BCUT2D eigenvalue weighted by Gasteiger charge is 2.20. The third-order valence-electron chi connectivity index (χ3n) is 6.57. The molecule has 6 aromatic rings. The van der Waals surface area contributed by atoms with Gasteiger partial charge < -0.3 is 15.5 Å². The topological polar surface area (TPSA) is 94.0 Å². The van der Waals surface area contributed by atoms with Gasteiger partial charge in [0.25, 0.3) is 5.91 Å². The molecule has 0 spiro atoms. The number of pyridine rings is 2. The summed E-state index contributed by atoms with van der Waals surface area (Å²) in [6.45, 7) is 4.19. The van der Waals surface area contributed by atoms with E-state index in [0.717, 1.165) is 49.5 Å². The number of nitrogens with two attached hydrogens (primary N) is 1. The first-order chi connectivity index (χ1) is 16.9. The number of carbonyl (C=O) groups excluding carboxylic acids is 1. The molecule has 35 heavy (non-hydrogen) atoms. The second-order valence-electron chi connectivity index (χ2n) is 8.75. The molecule has 7 heteroatoms. The summed E-state index contributed by atoms with van der Waals surface area (Å²) in [6, 6.07) is 14.8. The number of amides is 1. The fourth-order valence-electron chi connectivity index (χ4n) is 4.82. The number of aryl methyl sites for hydroxylation is 2. The molecule has 6 nitrogen and oxygen atoms in total. The van der Waals surface area contributed by atoms with E-state index in [9.17, 15) is 9.18 Å². The Labute approximate surface area is 199 Å². The second kappa shape index (κ2) is 7.77. The van der Waals surface area contributed by atoms with Crippen LogP contribution in [0.2, 0.25) is 0 Å². The first kappa shape index (κ1) is 21.0. The highest BCUT2D eigenvalue weighted by Crippen LogP contribution is 2.42. The molecule has 3 N–H and O–H groups in total. The molecule has 1 amide bonds. The van der Waals surface area contributed by atoms with Crippen LogP contribution in [-0.2, 0) is 6.54 Å². The second-order valence-corrected chi connectivity index (χ2v) is 8.75. The number of halogens is 1. The van der Waals surface area contributed by atoms with E-state index in [4.69, 9.17) is 10.2 Å². The van der Waals surface area contributed by atoms with Crippen molar-refractivity contribution in [1.29, 1.82) is 0 Å². The van der Waals surface area contributed by atoms with Crippen molar-refractivity contribution in [3.8, 4) is 11.1 Å². The molecule has 0 aliphatic carbocycles. The van der Waals surface area contributed by atoms with Crippen molar-refractivity contribution >= 4 is 44.4 Å². The molecule has 0 aliphatic rings. The summed E-state index contributed by atoms with van der Waals surface area (Å²) in [4.78, 5) is 21.1. The summed E-state index contributed by atoms with van der Waals surface area (Å²) in [5.41, 5.74) is 11.7. The summed E-state index contributed by atoms with van der Waals surface area (Å²) >= 11 is 0. The first-order valence-electron chi connectivity index (χ1n) is 11.2. The lowest BCUT2D eigenvalue weighted by molar-refractivity contribution is 0.0951. The molecule has 0 unspecified atom stereocenters. The van der Waals surface area contributed by atoms with Gasteiger partial charge in [-0.25, -0.2) is 9.37 Å². The zero-order valence-corrected chi connectivity index (χ0v) is 19.1. The lowest BCUT2D eigenvalue weighted by atomic mass is 9.98. The maximum absolute atomic E-state index is 14.3. The van der Waals surface area contributed by atoms with Gasteiger partial charge in [-0.15, -0.1) is 0 Å². The van der Waals surface area contributed by atoms with Crippen LogP contribution in [-0.4, -0.2) is 15.9 Å². The normalized spacial score (nSPS) is 11.6. The van der Waals surface area contributed by atoms with E-state index in [-0.39, 0.29) is 11.7 Å². The first-order valence-corrected chi connectivity index (χ1v) is 11.2. The summed E-state index contributed by atoms with van der Waals surface area (Å²) < 4.78 is 20.4. The molecule has 4 heterocycles. The van der Waals surface area contributed by atoms with Crippen molar-refractivity contribution in [3.05, 3.63) is 89.1 Å². The summed E-state index contributed by atoms with van der Waals surface area (Å²) in [6.07, 6.45) is 2.77. The number of benzene rings is 3. The Morgan fingerprint density at radius 2 is 1.74 bits per heavy atom. The summed E-state index contributed by atoms with van der Waals surface area (Å²) in [5, 5.41) is 6.63. The summed E-state index contributed by atoms with van der Waals surface area (Å²) in [7, 11) is 0. The molecule has 0 radical (unpaired) electrons. The van der Waals surface area contributed by atoms with Gasteiger partial charge in [0.05, 0.1) is 6.20 Å². The maximum atomic E-state index is 14.3. The fourth-order valence-corrected chi connectivity index (χ4v) is 4.82. The Morgan fingerprint density at radius 3 is 2.51 bits per heavy atom. The van der Waals surface area contributed by atoms with Gasteiger partial charge in [0.15, 0.2) is 0 Å². The minimum Gasteiger partial charge on any atom is -0.455 e. The van der Waals surface area contributed by atoms with Crippen molar-refractivity contribution < 1.29 is 13.6 Å². The van der Waals surface area contributed by atoms with Crippen LogP contribution in [0.25, 0.3) is 43.8 Å². The minimum atomic E-state index is -0.379. The minimum absolute atomic E-state index is 0.190. The van der Waals surface area contributed by atoms with Gasteiger partial charge in [-0.2, -0.15) is 0 Å². The number of anilines is 1. The van der Waals surface area contributed by atoms with Crippen LogP contribution in [0.4, 0.5) is 10.2 Å². The molecular weight excluding hydrogens is 443 g/mol. The van der Waals surface area contributed by atoms with Gasteiger partial charge in [-0.05, 0) is 73.0 Å². The molecule has 6 rings (SSSR count). The molecule has 2 aromatic carbocycles. The molecule has 0 saturated carbocycles. The number of carbonyl (C=O) groups is 1. The van der Waals surface area contributed by atoms with E-state index in [1.54, 1.807) is 24.4 Å². The van der Waals surface area contributed by atoms with Crippen LogP contribution >= 0.6 is 0 Å².